The predicted molar refractivity (Wildman–Crippen MR) is 94.0 cm³/mol. The zero-order valence-electron chi connectivity index (χ0n) is 14.5. The molecular weight excluding hydrogens is 338 g/mol. The van der Waals surface area contributed by atoms with Gasteiger partial charge in [0, 0.05) is 34.9 Å². The van der Waals surface area contributed by atoms with Crippen LogP contribution in [0.4, 0.5) is 0 Å². The van der Waals surface area contributed by atoms with Gasteiger partial charge in [-0.05, 0) is 51.2 Å². The second kappa shape index (κ2) is 6.87. The Morgan fingerprint density at radius 1 is 1.36 bits per heavy atom. The topological polar surface area (TPSA) is 88.1 Å². The Kier molecular flexibility index (Phi) is 4.80. The van der Waals surface area contributed by atoms with Crippen LogP contribution in [0.15, 0.2) is 29.9 Å². The maximum Gasteiger partial charge on any atom is 0.276 e. The van der Waals surface area contributed by atoms with Crippen LogP contribution in [0.5, 0.6) is 0 Å². The minimum Gasteiger partial charge on any atom is -0.349 e. The highest BCUT2D eigenvalue weighted by molar-refractivity contribution is 7.03. The Labute approximate surface area is 150 Å². The molecule has 0 aliphatic heterocycles. The van der Waals surface area contributed by atoms with Gasteiger partial charge >= 0.3 is 0 Å². The second-order valence-electron chi connectivity index (χ2n) is 7.16. The van der Waals surface area contributed by atoms with Crippen LogP contribution in [-0.2, 0) is 4.79 Å². The SMILES string of the molecule is CC(C)(C)NC(=O)[C@@H](c1cccnc1)N(C(=O)c1csnn1)C1CC1. The fourth-order valence-electron chi connectivity index (χ4n) is 2.65. The van der Waals surface area contributed by atoms with E-state index < -0.39 is 11.6 Å². The third kappa shape index (κ3) is 4.19. The van der Waals surface area contributed by atoms with Crippen molar-refractivity contribution >= 4 is 23.3 Å². The highest BCUT2D eigenvalue weighted by atomic mass is 32.1. The Morgan fingerprint density at radius 3 is 2.64 bits per heavy atom. The van der Waals surface area contributed by atoms with Crippen LogP contribution >= 0.6 is 11.5 Å². The highest BCUT2D eigenvalue weighted by Crippen LogP contribution is 2.36. The molecule has 0 spiro atoms. The lowest BCUT2D eigenvalue weighted by Crippen LogP contribution is -2.50. The van der Waals surface area contributed by atoms with Crippen molar-refractivity contribution < 1.29 is 9.59 Å². The van der Waals surface area contributed by atoms with Crippen molar-refractivity contribution in [2.24, 2.45) is 0 Å². The number of aromatic nitrogens is 3. The van der Waals surface area contributed by atoms with Gasteiger partial charge in [0.05, 0.1) is 0 Å². The quantitative estimate of drug-likeness (QED) is 0.884. The third-order valence-corrected chi connectivity index (χ3v) is 4.28. The van der Waals surface area contributed by atoms with E-state index in [0.29, 0.717) is 5.56 Å². The molecule has 0 bridgehead atoms. The summed E-state index contributed by atoms with van der Waals surface area (Å²) in [6.45, 7) is 5.75. The van der Waals surface area contributed by atoms with Crippen molar-refractivity contribution in [2.75, 3.05) is 0 Å². The summed E-state index contributed by atoms with van der Waals surface area (Å²) in [6, 6.07) is 2.88. The van der Waals surface area contributed by atoms with Crippen LogP contribution in [0.2, 0.25) is 0 Å². The number of rotatable bonds is 5. The first-order valence-corrected chi connectivity index (χ1v) is 9.02. The molecule has 1 fully saturated rings. The van der Waals surface area contributed by atoms with Crippen molar-refractivity contribution in [2.45, 2.75) is 51.2 Å². The molecule has 3 rings (SSSR count). The van der Waals surface area contributed by atoms with E-state index in [-0.39, 0.29) is 23.6 Å². The summed E-state index contributed by atoms with van der Waals surface area (Å²) in [6.07, 6.45) is 5.04. The Bertz CT molecular complexity index is 738. The molecular formula is C17H21N5O2S. The van der Waals surface area contributed by atoms with Crippen LogP contribution < -0.4 is 5.32 Å². The van der Waals surface area contributed by atoms with Crippen LogP contribution in [0.25, 0.3) is 0 Å². The van der Waals surface area contributed by atoms with E-state index in [4.69, 9.17) is 0 Å². The van der Waals surface area contributed by atoms with Gasteiger partial charge in [0.2, 0.25) is 5.91 Å². The highest BCUT2D eigenvalue weighted by Gasteiger charge is 2.43. The summed E-state index contributed by atoms with van der Waals surface area (Å²) in [5.74, 6) is -0.488. The first-order valence-electron chi connectivity index (χ1n) is 8.18. The summed E-state index contributed by atoms with van der Waals surface area (Å²) in [5.41, 5.74) is 0.555. The Hall–Kier alpha value is -2.35. The van der Waals surface area contributed by atoms with Gasteiger partial charge in [-0.25, -0.2) is 0 Å². The van der Waals surface area contributed by atoms with Gasteiger partial charge in [0.15, 0.2) is 5.69 Å². The molecule has 0 unspecified atom stereocenters. The molecule has 1 saturated carbocycles. The maximum atomic E-state index is 13.0. The monoisotopic (exact) mass is 359 g/mol. The first kappa shape index (κ1) is 17.5. The standard InChI is InChI=1S/C17H21N5O2S/c1-17(2,3)19-15(23)14(11-5-4-8-18-9-11)22(12-6-7-12)16(24)13-10-25-21-20-13/h4-5,8-10,12,14H,6-7H2,1-3H3,(H,19,23)/t14-/m1/s1. The lowest BCUT2D eigenvalue weighted by atomic mass is 10.0. The van der Waals surface area contributed by atoms with Gasteiger partial charge in [-0.2, -0.15) is 0 Å². The van der Waals surface area contributed by atoms with Crippen molar-refractivity contribution in [1.29, 1.82) is 0 Å². The predicted octanol–water partition coefficient (Wildman–Crippen LogP) is 2.19. The fourth-order valence-corrected chi connectivity index (χ4v) is 3.08. The van der Waals surface area contributed by atoms with Crippen molar-refractivity contribution in [3.05, 3.63) is 41.2 Å². The van der Waals surface area contributed by atoms with Gasteiger partial charge < -0.3 is 10.2 Å². The van der Waals surface area contributed by atoms with Gasteiger partial charge in [-0.1, -0.05) is 10.6 Å². The zero-order chi connectivity index (χ0) is 18.0. The molecule has 132 valence electrons. The van der Waals surface area contributed by atoms with Gasteiger partial charge in [0.25, 0.3) is 5.91 Å². The maximum absolute atomic E-state index is 13.0. The number of hydrogen-bond acceptors (Lipinski definition) is 6. The molecule has 1 N–H and O–H groups in total. The summed E-state index contributed by atoms with van der Waals surface area (Å²) >= 11 is 1.12. The lowest BCUT2D eigenvalue weighted by Gasteiger charge is -2.33. The minimum absolute atomic E-state index is 0.0325. The number of amides is 2. The zero-order valence-corrected chi connectivity index (χ0v) is 15.3. The smallest absolute Gasteiger partial charge is 0.276 e. The normalized spacial score (nSPS) is 15.5. The van der Waals surface area contributed by atoms with E-state index in [1.54, 1.807) is 28.7 Å². The summed E-state index contributed by atoms with van der Waals surface area (Å²) in [4.78, 5) is 31.8. The second-order valence-corrected chi connectivity index (χ2v) is 7.77. The van der Waals surface area contributed by atoms with Crippen molar-refractivity contribution in [3.63, 3.8) is 0 Å². The van der Waals surface area contributed by atoms with Crippen LogP contribution in [0, 0.1) is 0 Å². The van der Waals surface area contributed by atoms with Crippen LogP contribution in [0.1, 0.15) is 55.7 Å². The molecule has 0 aromatic carbocycles. The molecule has 2 amide bonds. The van der Waals surface area contributed by atoms with E-state index in [1.165, 1.54) is 0 Å². The largest absolute Gasteiger partial charge is 0.349 e. The van der Waals surface area contributed by atoms with E-state index in [1.807, 2.05) is 26.8 Å². The number of carbonyl (C=O) groups is 2. The lowest BCUT2D eigenvalue weighted by molar-refractivity contribution is -0.127. The molecule has 1 aliphatic rings. The molecule has 25 heavy (non-hydrogen) atoms. The number of nitrogens with zero attached hydrogens (tertiary/aromatic N) is 4. The third-order valence-electron chi connectivity index (χ3n) is 3.78. The van der Waals surface area contributed by atoms with E-state index >= 15 is 0 Å². The van der Waals surface area contributed by atoms with Crippen molar-refractivity contribution in [1.82, 2.24) is 24.8 Å². The average molecular weight is 359 g/mol. The van der Waals surface area contributed by atoms with E-state index in [2.05, 4.69) is 19.9 Å². The van der Waals surface area contributed by atoms with E-state index in [0.717, 1.165) is 24.4 Å². The summed E-state index contributed by atoms with van der Waals surface area (Å²) < 4.78 is 3.77. The Morgan fingerprint density at radius 2 is 2.12 bits per heavy atom. The molecule has 7 nitrogen and oxygen atoms in total. The van der Waals surface area contributed by atoms with Crippen LogP contribution in [-0.4, -0.2) is 42.9 Å². The molecule has 1 atom stereocenters. The molecule has 0 saturated heterocycles. The fraction of sp³-hybridized carbons (Fsp3) is 0.471. The molecule has 8 heteroatoms. The molecule has 2 aromatic rings. The van der Waals surface area contributed by atoms with E-state index in [9.17, 15) is 9.59 Å². The van der Waals surface area contributed by atoms with Crippen molar-refractivity contribution in [3.8, 4) is 0 Å². The molecule has 2 heterocycles. The number of nitrogens with one attached hydrogen (secondary N) is 1. The summed E-state index contributed by atoms with van der Waals surface area (Å²) in [5, 5.41) is 8.48. The van der Waals surface area contributed by atoms with Gasteiger partial charge in [0.1, 0.15) is 6.04 Å². The van der Waals surface area contributed by atoms with Crippen LogP contribution in [0.3, 0.4) is 0 Å². The number of carbonyl (C=O) groups excluding carboxylic acids is 2. The van der Waals surface area contributed by atoms with Gasteiger partial charge in [-0.15, -0.1) is 5.10 Å². The number of hydrogen-bond donors (Lipinski definition) is 1. The molecule has 1 aliphatic carbocycles. The van der Waals surface area contributed by atoms with Gasteiger partial charge in [-0.3, -0.25) is 14.6 Å². The first-order chi connectivity index (χ1) is 11.9. The average Bonchev–Trinajstić information content (AvgIpc) is 3.23. The number of pyridine rings is 1. The Balaban J connectivity index is 1.99. The molecule has 0 radical (unpaired) electrons. The summed E-state index contributed by atoms with van der Waals surface area (Å²) in [7, 11) is 0. The minimum atomic E-state index is -0.741. The molecule has 2 aromatic heterocycles.